The predicted octanol–water partition coefficient (Wildman–Crippen LogP) is 15.8. The number of anilines is 4. The van der Waals surface area contributed by atoms with Gasteiger partial charge in [-0.25, -0.2) is 9.97 Å². The van der Waals surface area contributed by atoms with Gasteiger partial charge < -0.3 is 0 Å². The maximum atomic E-state index is 5.94. The van der Waals surface area contributed by atoms with Gasteiger partial charge in [0, 0.05) is 33.3 Å². The molecule has 1 aliphatic heterocycles. The maximum absolute atomic E-state index is 5.94. The highest BCUT2D eigenvalue weighted by Crippen LogP contribution is 2.61. The number of nitrogens with zero attached hydrogens (tertiary/aromatic N) is 4. The Morgan fingerprint density at radius 2 is 0.585 bits per heavy atom. The largest absolute Gasteiger partial charge is 0.291 e. The van der Waals surface area contributed by atoms with Crippen molar-refractivity contribution in [2.75, 3.05) is 9.80 Å². The molecule has 0 atom stereocenters. The van der Waals surface area contributed by atoms with E-state index in [-0.39, 0.29) is 0 Å². The molecule has 4 nitrogen and oxygen atoms in total. The Morgan fingerprint density at radius 3 is 1.00 bits per heavy atom. The third-order valence-corrected chi connectivity index (χ3v) is 13.4. The molecule has 0 bridgehead atoms. The van der Waals surface area contributed by atoms with Gasteiger partial charge in [0.25, 0.3) is 0 Å². The Kier molecular flexibility index (Phi) is 8.40. The molecule has 0 amide bonds. The van der Waals surface area contributed by atoms with Gasteiger partial charge in [-0.05, 0) is 78.8 Å². The van der Waals surface area contributed by atoms with E-state index < -0.39 is 5.66 Å². The summed E-state index contributed by atoms with van der Waals surface area (Å²) >= 11 is 0. The Labute approximate surface area is 377 Å². The first-order chi connectivity index (χ1) is 32.3. The fraction of sp³-hybridized carbons (Fsp3) is 0.0164. The van der Waals surface area contributed by atoms with Gasteiger partial charge in [0.05, 0.1) is 11.0 Å². The van der Waals surface area contributed by atoms with Crippen LogP contribution in [-0.4, -0.2) is 9.97 Å². The quantitative estimate of drug-likeness (QED) is 0.156. The molecule has 1 aliphatic rings. The van der Waals surface area contributed by atoms with Gasteiger partial charge in [0.15, 0.2) is 17.3 Å². The molecule has 65 heavy (non-hydrogen) atoms. The van der Waals surface area contributed by atoms with E-state index in [1.165, 1.54) is 11.1 Å². The first kappa shape index (κ1) is 37.0. The van der Waals surface area contributed by atoms with Crippen molar-refractivity contribution in [1.82, 2.24) is 9.97 Å². The second-order valence-corrected chi connectivity index (χ2v) is 16.9. The Hall–Kier alpha value is -8.60. The van der Waals surface area contributed by atoms with E-state index in [0.717, 1.165) is 99.4 Å². The topological polar surface area (TPSA) is 32.3 Å². The second kappa shape index (κ2) is 14.8. The fourth-order valence-electron chi connectivity index (χ4n) is 10.5. The van der Waals surface area contributed by atoms with E-state index in [4.69, 9.17) is 9.97 Å². The highest BCUT2D eigenvalue weighted by Gasteiger charge is 2.57. The number of hydrogen-bond acceptors (Lipinski definition) is 4. The van der Waals surface area contributed by atoms with Gasteiger partial charge in [-0.2, -0.15) is 0 Å². The fourth-order valence-corrected chi connectivity index (χ4v) is 10.5. The number of rotatable bonds is 6. The number of benzene rings is 11. The minimum atomic E-state index is -1.07. The lowest BCUT2D eigenvalue weighted by Crippen LogP contribution is -2.52. The van der Waals surface area contributed by atoms with Crippen molar-refractivity contribution in [2.24, 2.45) is 0 Å². The summed E-state index contributed by atoms with van der Waals surface area (Å²) in [5.41, 5.74) is 9.51. The summed E-state index contributed by atoms with van der Waals surface area (Å²) in [7, 11) is 0. The summed E-state index contributed by atoms with van der Waals surface area (Å²) < 4.78 is 0. The average molecular weight is 829 g/mol. The molecule has 0 unspecified atom stereocenters. The summed E-state index contributed by atoms with van der Waals surface area (Å²) in [4.78, 5) is 16.9. The van der Waals surface area contributed by atoms with Crippen molar-refractivity contribution in [3.05, 3.63) is 254 Å². The molecule has 304 valence electrons. The lowest BCUT2D eigenvalue weighted by molar-refractivity contribution is 0.565. The highest BCUT2D eigenvalue weighted by molar-refractivity contribution is 6.24. The van der Waals surface area contributed by atoms with Crippen LogP contribution < -0.4 is 9.80 Å². The van der Waals surface area contributed by atoms with Crippen LogP contribution in [0.3, 0.4) is 0 Å². The van der Waals surface area contributed by atoms with Crippen LogP contribution in [0.1, 0.15) is 11.1 Å². The first-order valence-electron chi connectivity index (χ1n) is 22.2. The molecular weight excluding hydrogens is 789 g/mol. The van der Waals surface area contributed by atoms with Crippen LogP contribution in [0.15, 0.2) is 243 Å². The number of hydrogen-bond donors (Lipinski definition) is 0. The molecule has 11 aromatic carbocycles. The SMILES string of the molecule is c1ccc(-c2ccc(N3c4nc5c6ccccc6c6ccccc6c5nc4N(c4ccc(-c5ccccc5)cc4)C3(c3cccc4ccccc34)c3cccc4ccccc34)cc2)cc1. The smallest absolute Gasteiger partial charge is 0.180 e. The molecule has 12 aromatic rings. The Morgan fingerprint density at radius 1 is 0.262 bits per heavy atom. The zero-order valence-electron chi connectivity index (χ0n) is 35.4. The average Bonchev–Trinajstić information content (AvgIpc) is 3.68. The van der Waals surface area contributed by atoms with Gasteiger partial charge >= 0.3 is 0 Å². The number of fused-ring (bicyclic) bond motifs is 9. The van der Waals surface area contributed by atoms with E-state index >= 15 is 0 Å². The monoisotopic (exact) mass is 828 g/mol. The van der Waals surface area contributed by atoms with Gasteiger partial charge in [0.2, 0.25) is 0 Å². The van der Waals surface area contributed by atoms with Gasteiger partial charge in [-0.15, -0.1) is 0 Å². The van der Waals surface area contributed by atoms with Crippen LogP contribution in [-0.2, 0) is 5.66 Å². The van der Waals surface area contributed by atoms with Crippen molar-refractivity contribution >= 4 is 77.1 Å². The standard InChI is InChI=1S/C61H40N4/c1-3-17-41(18-4-1)43-33-37-47(38-34-43)64-59-60(63-58-54-30-14-12-28-52(54)51-27-11-13-29-53(51)57(58)62-59)65(48-39-35-44(36-40-48)42-19-5-2-6-20-42)61(64,55-31-15-23-45-21-7-9-25-49(45)55)56-32-16-24-46-22-8-10-26-50(46)56/h1-40H. The minimum absolute atomic E-state index is 0.776. The summed E-state index contributed by atoms with van der Waals surface area (Å²) in [5, 5.41) is 9.06. The van der Waals surface area contributed by atoms with Crippen LogP contribution in [0, 0.1) is 0 Å². The molecule has 0 saturated carbocycles. The molecule has 0 saturated heterocycles. The summed E-state index contributed by atoms with van der Waals surface area (Å²) in [5.74, 6) is 1.55. The molecular formula is C61H40N4. The summed E-state index contributed by atoms with van der Waals surface area (Å²) in [6.07, 6.45) is 0. The van der Waals surface area contributed by atoms with Gasteiger partial charge in [0.1, 0.15) is 0 Å². The van der Waals surface area contributed by atoms with Crippen molar-refractivity contribution < 1.29 is 0 Å². The van der Waals surface area contributed by atoms with Gasteiger partial charge in [-0.3, -0.25) is 9.80 Å². The van der Waals surface area contributed by atoms with E-state index in [0.29, 0.717) is 0 Å². The normalized spacial score (nSPS) is 13.3. The minimum Gasteiger partial charge on any atom is -0.291 e. The lowest BCUT2D eigenvalue weighted by Gasteiger charge is -2.47. The summed E-state index contributed by atoms with van der Waals surface area (Å²) in [6.45, 7) is 0. The van der Waals surface area contributed by atoms with Crippen molar-refractivity contribution in [1.29, 1.82) is 0 Å². The van der Waals surface area contributed by atoms with Crippen LogP contribution in [0.5, 0.6) is 0 Å². The Bertz CT molecular complexity index is 3510. The van der Waals surface area contributed by atoms with E-state index in [9.17, 15) is 0 Å². The van der Waals surface area contributed by atoms with Crippen LogP contribution in [0.4, 0.5) is 23.0 Å². The maximum Gasteiger partial charge on any atom is 0.180 e. The molecule has 0 fully saturated rings. The van der Waals surface area contributed by atoms with Crippen molar-refractivity contribution in [2.45, 2.75) is 5.66 Å². The Balaban J connectivity index is 1.23. The van der Waals surface area contributed by atoms with Crippen LogP contribution >= 0.6 is 0 Å². The highest BCUT2D eigenvalue weighted by atomic mass is 15.5. The zero-order chi connectivity index (χ0) is 42.9. The van der Waals surface area contributed by atoms with Crippen LogP contribution in [0.25, 0.3) is 76.4 Å². The molecule has 2 heterocycles. The molecule has 1 aromatic heterocycles. The third-order valence-electron chi connectivity index (χ3n) is 13.4. The molecule has 0 radical (unpaired) electrons. The summed E-state index contributed by atoms with van der Waals surface area (Å²) in [6, 6.07) is 87.6. The molecule has 4 heteroatoms. The van der Waals surface area contributed by atoms with E-state index in [2.05, 4.69) is 252 Å². The zero-order valence-corrected chi connectivity index (χ0v) is 35.4. The molecule has 0 aliphatic carbocycles. The van der Waals surface area contributed by atoms with E-state index in [1.807, 2.05) is 0 Å². The van der Waals surface area contributed by atoms with Crippen LogP contribution in [0.2, 0.25) is 0 Å². The lowest BCUT2D eigenvalue weighted by atomic mass is 9.82. The second-order valence-electron chi connectivity index (χ2n) is 16.9. The molecule has 0 spiro atoms. The number of aromatic nitrogens is 2. The first-order valence-corrected chi connectivity index (χ1v) is 22.2. The van der Waals surface area contributed by atoms with Gasteiger partial charge in [-0.1, -0.05) is 218 Å². The van der Waals surface area contributed by atoms with Crippen molar-refractivity contribution in [3.8, 4) is 22.3 Å². The molecule has 0 N–H and O–H groups in total. The van der Waals surface area contributed by atoms with E-state index in [1.54, 1.807) is 0 Å². The third kappa shape index (κ3) is 5.64. The predicted molar refractivity (Wildman–Crippen MR) is 271 cm³/mol. The molecule has 13 rings (SSSR count). The van der Waals surface area contributed by atoms with Crippen molar-refractivity contribution in [3.63, 3.8) is 0 Å².